The molecule has 0 aliphatic carbocycles. The van der Waals surface area contributed by atoms with E-state index in [1.54, 1.807) is 0 Å². The number of halogens is 1. The monoisotopic (exact) mass is 240 g/mol. The number of carbonyl (C=O) groups excluding carboxylic acids is 1. The second-order valence-corrected chi connectivity index (χ2v) is 3.46. The fourth-order valence-electron chi connectivity index (χ4n) is 1.40. The third-order valence-corrected chi connectivity index (χ3v) is 2.10. The summed E-state index contributed by atoms with van der Waals surface area (Å²) in [5, 5.41) is 0. The number of rotatable bonds is 5. The van der Waals surface area contributed by atoms with Gasteiger partial charge in [0.05, 0.1) is 0 Å². The lowest BCUT2D eigenvalue weighted by Gasteiger charge is -2.01. The van der Waals surface area contributed by atoms with Gasteiger partial charge in [0.25, 0.3) is 0 Å². The van der Waals surface area contributed by atoms with Gasteiger partial charge in [0, 0.05) is 11.8 Å². The molecule has 16 heavy (non-hydrogen) atoms. The van der Waals surface area contributed by atoms with Crippen molar-refractivity contribution in [1.29, 1.82) is 0 Å². The molecule has 0 aliphatic heterocycles. The Balaban J connectivity index is 0.00000225. The van der Waals surface area contributed by atoms with E-state index in [0.717, 1.165) is 12.8 Å². The highest BCUT2D eigenvalue weighted by molar-refractivity contribution is 5.86. The fourth-order valence-corrected chi connectivity index (χ4v) is 1.40. The van der Waals surface area contributed by atoms with Gasteiger partial charge >= 0.3 is 0 Å². The Morgan fingerprint density at radius 1 is 1.19 bits per heavy atom. The summed E-state index contributed by atoms with van der Waals surface area (Å²) < 4.78 is 0. The van der Waals surface area contributed by atoms with Crippen LogP contribution in [0.3, 0.4) is 0 Å². The second kappa shape index (κ2) is 7.77. The molecule has 0 saturated heterocycles. The van der Waals surface area contributed by atoms with Gasteiger partial charge in [-0.3, -0.25) is 4.79 Å². The molecule has 4 N–H and O–H groups in total. The van der Waals surface area contributed by atoms with Crippen molar-refractivity contribution >= 4 is 18.3 Å². The van der Waals surface area contributed by atoms with Crippen LogP contribution in [0.4, 0.5) is 0 Å². The number of benzene rings is 1. The van der Waals surface area contributed by atoms with Crippen LogP contribution in [0, 0.1) is 0 Å². The van der Waals surface area contributed by atoms with E-state index in [4.69, 9.17) is 11.5 Å². The summed E-state index contributed by atoms with van der Waals surface area (Å²) in [5.41, 5.74) is 12.4. The Bertz CT molecular complexity index is 349. The molecule has 88 valence electrons. The van der Waals surface area contributed by atoms with Gasteiger partial charge < -0.3 is 11.5 Å². The van der Waals surface area contributed by atoms with Gasteiger partial charge in [-0.25, -0.2) is 0 Å². The summed E-state index contributed by atoms with van der Waals surface area (Å²) in [6.07, 6.45) is 3.89. The smallest absolute Gasteiger partial charge is 0.243 e. The molecular weight excluding hydrogens is 224 g/mol. The highest BCUT2D eigenvalue weighted by Gasteiger charge is 1.95. The molecule has 1 aromatic rings. The molecule has 4 heteroatoms. The maximum Gasteiger partial charge on any atom is 0.243 e. The van der Waals surface area contributed by atoms with Crippen LogP contribution in [0.2, 0.25) is 0 Å². The molecule has 3 nitrogen and oxygen atoms in total. The van der Waals surface area contributed by atoms with Gasteiger partial charge in [-0.05, 0) is 24.8 Å². The zero-order chi connectivity index (χ0) is 11.1. The molecule has 0 saturated carbocycles. The van der Waals surface area contributed by atoms with Crippen molar-refractivity contribution in [2.75, 3.05) is 0 Å². The maximum atomic E-state index is 10.5. The first kappa shape index (κ1) is 14.5. The molecule has 0 unspecified atom stereocenters. The number of hydrogen-bond donors (Lipinski definition) is 2. The van der Waals surface area contributed by atoms with Crippen molar-refractivity contribution in [1.82, 2.24) is 0 Å². The van der Waals surface area contributed by atoms with Gasteiger partial charge in [-0.15, -0.1) is 12.4 Å². The Hall–Kier alpha value is -1.48. The molecule has 0 atom stereocenters. The van der Waals surface area contributed by atoms with E-state index in [1.807, 2.05) is 18.2 Å². The minimum Gasteiger partial charge on any atom is -0.402 e. The predicted molar refractivity (Wildman–Crippen MR) is 68.1 cm³/mol. The maximum absolute atomic E-state index is 10.5. The van der Waals surface area contributed by atoms with Crippen molar-refractivity contribution in [3.63, 3.8) is 0 Å². The lowest BCUT2D eigenvalue weighted by atomic mass is 10.1. The highest BCUT2D eigenvalue weighted by atomic mass is 35.5. The minimum absolute atomic E-state index is 0. The first-order valence-electron chi connectivity index (χ1n) is 4.98. The molecule has 0 aliphatic rings. The highest BCUT2D eigenvalue weighted by Crippen LogP contribution is 2.06. The van der Waals surface area contributed by atoms with Gasteiger partial charge in [-0.2, -0.15) is 0 Å². The third-order valence-electron chi connectivity index (χ3n) is 2.10. The van der Waals surface area contributed by atoms with Crippen LogP contribution < -0.4 is 11.5 Å². The molecule has 0 fully saturated rings. The average molecular weight is 241 g/mol. The molecule has 0 radical (unpaired) electrons. The van der Waals surface area contributed by atoms with Crippen molar-refractivity contribution in [2.24, 2.45) is 11.5 Å². The van der Waals surface area contributed by atoms with E-state index in [-0.39, 0.29) is 12.4 Å². The fraction of sp³-hybridized carbons (Fsp3) is 0.250. The summed E-state index contributed by atoms with van der Waals surface area (Å²) in [7, 11) is 0. The number of primary amides is 1. The quantitative estimate of drug-likeness (QED) is 0.770. The first-order chi connectivity index (χ1) is 7.18. The Morgan fingerprint density at radius 2 is 1.81 bits per heavy atom. The second-order valence-electron chi connectivity index (χ2n) is 3.46. The third kappa shape index (κ3) is 6.09. The minimum atomic E-state index is -0.479. The average Bonchev–Trinajstić information content (AvgIpc) is 2.18. The van der Waals surface area contributed by atoms with Gasteiger partial charge in [-0.1, -0.05) is 30.3 Å². The molecule has 0 heterocycles. The number of aryl methyl sites for hydroxylation is 1. The Labute approximate surface area is 102 Å². The standard InChI is InChI=1S/C12H16N2O.ClH/c13-11(9-12(14)15)8-4-7-10-5-2-1-3-6-10;/h1-3,5-6,9H,4,7-8,13H2,(H2,14,15);1H/b11-9-;. The van der Waals surface area contributed by atoms with Crippen LogP contribution in [-0.2, 0) is 11.2 Å². The van der Waals surface area contributed by atoms with E-state index in [9.17, 15) is 4.79 Å². The van der Waals surface area contributed by atoms with Crippen LogP contribution in [0.25, 0.3) is 0 Å². The van der Waals surface area contributed by atoms with Crippen molar-refractivity contribution in [3.05, 3.63) is 47.7 Å². The van der Waals surface area contributed by atoms with Crippen molar-refractivity contribution < 1.29 is 4.79 Å². The summed E-state index contributed by atoms with van der Waals surface area (Å²) in [4.78, 5) is 10.5. The molecule has 0 spiro atoms. The lowest BCUT2D eigenvalue weighted by Crippen LogP contribution is -2.10. The van der Waals surface area contributed by atoms with Gasteiger partial charge in [0.2, 0.25) is 5.91 Å². The van der Waals surface area contributed by atoms with E-state index in [0.29, 0.717) is 12.1 Å². The SMILES string of the molecule is Cl.NC(=O)/C=C(\N)CCCc1ccccc1. The van der Waals surface area contributed by atoms with Crippen LogP contribution in [0.5, 0.6) is 0 Å². The summed E-state index contributed by atoms with van der Waals surface area (Å²) in [6, 6.07) is 10.2. The number of amides is 1. The summed E-state index contributed by atoms with van der Waals surface area (Å²) in [6.45, 7) is 0. The number of allylic oxidation sites excluding steroid dienone is 1. The van der Waals surface area contributed by atoms with E-state index >= 15 is 0 Å². The first-order valence-corrected chi connectivity index (χ1v) is 4.98. The van der Waals surface area contributed by atoms with Gasteiger partial charge in [0.15, 0.2) is 0 Å². The lowest BCUT2D eigenvalue weighted by molar-refractivity contribution is -0.113. The normalized spacial score (nSPS) is 10.6. The molecule has 0 bridgehead atoms. The summed E-state index contributed by atoms with van der Waals surface area (Å²) in [5.74, 6) is -0.479. The van der Waals surface area contributed by atoms with Gasteiger partial charge in [0.1, 0.15) is 0 Å². The number of nitrogens with two attached hydrogens (primary N) is 2. The van der Waals surface area contributed by atoms with E-state index in [2.05, 4.69) is 12.1 Å². The van der Waals surface area contributed by atoms with E-state index < -0.39 is 5.91 Å². The predicted octanol–water partition coefficient (Wildman–Crippen LogP) is 1.76. The van der Waals surface area contributed by atoms with Crippen LogP contribution in [0.1, 0.15) is 18.4 Å². The molecule has 1 rings (SSSR count). The van der Waals surface area contributed by atoms with Crippen molar-refractivity contribution in [3.8, 4) is 0 Å². The van der Waals surface area contributed by atoms with Crippen LogP contribution >= 0.6 is 12.4 Å². The van der Waals surface area contributed by atoms with Crippen LogP contribution in [-0.4, -0.2) is 5.91 Å². The Morgan fingerprint density at radius 3 is 2.38 bits per heavy atom. The van der Waals surface area contributed by atoms with Crippen LogP contribution in [0.15, 0.2) is 42.1 Å². The molecule has 0 aromatic heterocycles. The zero-order valence-corrected chi connectivity index (χ0v) is 9.87. The summed E-state index contributed by atoms with van der Waals surface area (Å²) >= 11 is 0. The Kier molecular flexibility index (Phi) is 7.05. The molecule has 1 amide bonds. The number of carbonyl (C=O) groups is 1. The topological polar surface area (TPSA) is 69.1 Å². The van der Waals surface area contributed by atoms with Crippen molar-refractivity contribution in [2.45, 2.75) is 19.3 Å². The molecule has 1 aromatic carbocycles. The zero-order valence-electron chi connectivity index (χ0n) is 9.06. The van der Waals surface area contributed by atoms with E-state index in [1.165, 1.54) is 11.6 Å². The molecular formula is C12H17ClN2O. The largest absolute Gasteiger partial charge is 0.402 e. The number of hydrogen-bond acceptors (Lipinski definition) is 2.